The van der Waals surface area contributed by atoms with Gasteiger partial charge in [-0.1, -0.05) is 51.9 Å². The van der Waals surface area contributed by atoms with Crippen molar-refractivity contribution in [2.75, 3.05) is 13.2 Å². The van der Waals surface area contributed by atoms with Gasteiger partial charge in [0.05, 0.1) is 14.4 Å². The van der Waals surface area contributed by atoms with Crippen molar-refractivity contribution < 1.29 is 97.1 Å². The SMILES string of the molecule is C#CC#CC#CC#CC#CC(=O)OC[C@H](COP(=O)([O-])[O-])OC(=O)CCCCCCCCCC.[Na+].[Na+]. The van der Waals surface area contributed by atoms with Crippen LogP contribution >= 0.6 is 7.82 Å². The Morgan fingerprint density at radius 2 is 1.36 bits per heavy atom. The number of terminal acetylenes is 1. The fraction of sp³-hybridized carbons (Fsp3) is 0.520. The van der Waals surface area contributed by atoms with Crippen LogP contribution in [-0.4, -0.2) is 31.3 Å². The Hall–Kier alpha value is -1.15. The Morgan fingerprint density at radius 3 is 1.92 bits per heavy atom. The number of carbonyl (C=O) groups is 2. The molecule has 0 bridgehead atoms. The number of hydrogen-bond acceptors (Lipinski definition) is 8. The van der Waals surface area contributed by atoms with Gasteiger partial charge in [0.15, 0.2) is 6.10 Å². The van der Waals surface area contributed by atoms with Crippen LogP contribution in [0, 0.1) is 59.7 Å². The normalized spacial score (nSPS) is 9.72. The van der Waals surface area contributed by atoms with Crippen molar-refractivity contribution in [1.29, 1.82) is 0 Å². The van der Waals surface area contributed by atoms with Crippen LogP contribution in [0.5, 0.6) is 0 Å². The summed E-state index contributed by atoms with van der Waals surface area (Å²) in [5.74, 6) is 18.5. The molecule has 0 radical (unpaired) electrons. The summed E-state index contributed by atoms with van der Waals surface area (Å²) in [7, 11) is -5.30. The molecule has 11 heteroatoms. The van der Waals surface area contributed by atoms with Crippen molar-refractivity contribution in [2.45, 2.75) is 70.8 Å². The molecule has 0 fully saturated rings. The van der Waals surface area contributed by atoms with E-state index < -0.39 is 39.1 Å². The van der Waals surface area contributed by atoms with Crippen molar-refractivity contribution in [3.05, 3.63) is 0 Å². The van der Waals surface area contributed by atoms with Crippen molar-refractivity contribution in [2.24, 2.45) is 0 Å². The van der Waals surface area contributed by atoms with E-state index in [-0.39, 0.29) is 65.5 Å². The van der Waals surface area contributed by atoms with E-state index in [0.29, 0.717) is 6.42 Å². The molecule has 0 rings (SSSR count). The molecule has 0 aromatic carbocycles. The van der Waals surface area contributed by atoms with Crippen LogP contribution < -0.4 is 68.9 Å². The topological polar surface area (TPSA) is 125 Å². The largest absolute Gasteiger partial charge is 1.00 e. The number of ether oxygens (including phenoxy) is 2. The number of unbranched alkanes of at least 4 members (excludes halogenated alkanes) is 7. The fourth-order valence-electron chi connectivity index (χ4n) is 2.42. The molecule has 0 aromatic rings. The number of esters is 2. The molecule has 0 saturated heterocycles. The first-order valence-electron chi connectivity index (χ1n) is 10.8. The van der Waals surface area contributed by atoms with Crippen molar-refractivity contribution in [1.82, 2.24) is 0 Å². The molecule has 0 aromatic heterocycles. The van der Waals surface area contributed by atoms with E-state index in [9.17, 15) is 23.9 Å². The molecule has 0 spiro atoms. The first-order chi connectivity index (χ1) is 16.3. The van der Waals surface area contributed by atoms with Gasteiger partial charge in [-0.15, -0.1) is 6.42 Å². The van der Waals surface area contributed by atoms with E-state index in [2.05, 4.69) is 64.7 Å². The van der Waals surface area contributed by atoms with Crippen LogP contribution in [0.4, 0.5) is 0 Å². The third-order valence-electron chi connectivity index (χ3n) is 3.96. The second-order valence-corrected chi connectivity index (χ2v) is 7.98. The zero-order valence-electron chi connectivity index (χ0n) is 21.1. The summed E-state index contributed by atoms with van der Waals surface area (Å²) >= 11 is 0. The second-order valence-electron chi connectivity index (χ2n) is 6.82. The van der Waals surface area contributed by atoms with Gasteiger partial charge in [-0.2, -0.15) is 0 Å². The Kier molecular flexibility index (Phi) is 29.4. The number of phosphoric acid groups is 1. The Bertz CT molecular complexity index is 985. The summed E-state index contributed by atoms with van der Waals surface area (Å²) in [4.78, 5) is 45.1. The van der Waals surface area contributed by atoms with E-state index in [1.807, 2.05) is 0 Å². The van der Waals surface area contributed by atoms with Crippen molar-refractivity contribution in [3.8, 4) is 59.7 Å². The number of hydrogen-bond donors (Lipinski definition) is 0. The summed E-state index contributed by atoms with van der Waals surface area (Å²) in [5, 5.41) is 0. The molecule has 182 valence electrons. The summed E-state index contributed by atoms with van der Waals surface area (Å²) in [6, 6.07) is 0. The van der Waals surface area contributed by atoms with Gasteiger partial charge in [0.1, 0.15) is 6.61 Å². The minimum Gasteiger partial charge on any atom is -0.790 e. The van der Waals surface area contributed by atoms with E-state index in [1.165, 1.54) is 19.3 Å². The third-order valence-corrected chi connectivity index (χ3v) is 4.43. The molecule has 0 aliphatic rings. The minimum absolute atomic E-state index is 0. The first kappa shape index (κ1) is 39.4. The fourth-order valence-corrected chi connectivity index (χ4v) is 2.77. The van der Waals surface area contributed by atoms with Crippen LogP contribution in [-0.2, 0) is 28.2 Å². The molecule has 1 atom stereocenters. The molecular formula is C25H27Na2O8P. The van der Waals surface area contributed by atoms with Crippen LogP contribution in [0.15, 0.2) is 0 Å². The predicted octanol–water partition coefficient (Wildman–Crippen LogP) is -4.53. The Morgan fingerprint density at radius 1 is 0.833 bits per heavy atom. The molecular weight excluding hydrogens is 505 g/mol. The molecule has 36 heavy (non-hydrogen) atoms. The van der Waals surface area contributed by atoms with E-state index in [0.717, 1.165) is 25.7 Å². The molecule has 0 unspecified atom stereocenters. The predicted molar refractivity (Wildman–Crippen MR) is 122 cm³/mol. The van der Waals surface area contributed by atoms with Crippen molar-refractivity contribution in [3.63, 3.8) is 0 Å². The van der Waals surface area contributed by atoms with Gasteiger partial charge >= 0.3 is 71.1 Å². The van der Waals surface area contributed by atoms with Gasteiger partial charge < -0.3 is 28.3 Å². The van der Waals surface area contributed by atoms with Gasteiger partial charge in [-0.25, -0.2) is 4.79 Å². The summed E-state index contributed by atoms with van der Waals surface area (Å²) in [5.41, 5.74) is 0. The van der Waals surface area contributed by atoms with Crippen LogP contribution in [0.1, 0.15) is 64.7 Å². The van der Waals surface area contributed by atoms with Gasteiger partial charge in [-0.05, 0) is 53.8 Å². The zero-order valence-corrected chi connectivity index (χ0v) is 26.0. The van der Waals surface area contributed by atoms with Crippen LogP contribution in [0.3, 0.4) is 0 Å². The maximum absolute atomic E-state index is 12.0. The smallest absolute Gasteiger partial charge is 0.790 e. The van der Waals surface area contributed by atoms with Gasteiger partial charge in [0, 0.05) is 12.3 Å². The zero-order chi connectivity index (χ0) is 25.5. The Balaban J connectivity index is -0.00000544. The molecule has 8 nitrogen and oxygen atoms in total. The molecule has 0 saturated carbocycles. The minimum atomic E-state index is -5.30. The van der Waals surface area contributed by atoms with Crippen LogP contribution in [0.25, 0.3) is 0 Å². The maximum atomic E-state index is 12.0. The summed E-state index contributed by atoms with van der Waals surface area (Å²) < 4.78 is 24.8. The van der Waals surface area contributed by atoms with Crippen LogP contribution in [0.2, 0.25) is 0 Å². The number of rotatable bonds is 15. The van der Waals surface area contributed by atoms with E-state index in [4.69, 9.17) is 15.9 Å². The maximum Gasteiger partial charge on any atom is 1.00 e. The van der Waals surface area contributed by atoms with Gasteiger partial charge in [0.2, 0.25) is 0 Å². The quantitative estimate of drug-likeness (QED) is 0.0516. The van der Waals surface area contributed by atoms with Crippen molar-refractivity contribution >= 4 is 19.8 Å². The molecule has 0 heterocycles. The van der Waals surface area contributed by atoms with E-state index in [1.54, 1.807) is 0 Å². The molecule has 0 aliphatic carbocycles. The number of carbonyl (C=O) groups excluding carboxylic acids is 2. The monoisotopic (exact) mass is 532 g/mol. The summed E-state index contributed by atoms with van der Waals surface area (Å²) in [6.45, 7) is 0.826. The summed E-state index contributed by atoms with van der Waals surface area (Å²) in [6.07, 6.45) is 12.1. The third kappa shape index (κ3) is 29.1. The standard InChI is InChI=1S/C25H29O8P.2Na/c1-3-5-7-9-11-13-15-17-19-24(26)31-21-23(22-32-34(28,29)30)33-25(27)20-18-16-14-12-10-8-6-4-2;;/h1,23H,4,6,8,10,12,14,16,18,20-22H2,2H3,(H2,28,29,30);;/q;2*+1/p-2/t23-;;/m1../s1. The average molecular weight is 532 g/mol. The molecule has 0 amide bonds. The first-order valence-corrected chi connectivity index (χ1v) is 12.2. The van der Waals surface area contributed by atoms with E-state index >= 15 is 0 Å². The number of phosphoric ester groups is 1. The second kappa shape index (κ2) is 26.9. The molecule has 0 N–H and O–H groups in total. The Labute approximate surface area is 258 Å². The van der Waals surface area contributed by atoms with Gasteiger partial charge in [-0.3, -0.25) is 4.79 Å². The molecule has 0 aliphatic heterocycles. The van der Waals surface area contributed by atoms with Gasteiger partial charge in [0.25, 0.3) is 0 Å². The average Bonchev–Trinajstić information content (AvgIpc) is 2.78.